The minimum Gasteiger partial charge on any atom is -0.379 e. The molecule has 4 nitrogen and oxygen atoms in total. The summed E-state index contributed by atoms with van der Waals surface area (Å²) in [6.45, 7) is 3.11. The van der Waals surface area contributed by atoms with Gasteiger partial charge in [-0.1, -0.05) is 19.3 Å². The number of hydrogen-bond acceptors (Lipinski definition) is 3. The second-order valence-electron chi connectivity index (χ2n) is 4.06. The molecule has 3 atom stereocenters. The zero-order valence-electron chi connectivity index (χ0n) is 9.95. The van der Waals surface area contributed by atoms with Gasteiger partial charge in [0.1, 0.15) is 0 Å². The van der Waals surface area contributed by atoms with E-state index in [0.29, 0.717) is 13.2 Å². The molecule has 1 rings (SSSR count). The Hall–Kier alpha value is -1.05. The second-order valence-corrected chi connectivity index (χ2v) is 4.06. The highest BCUT2D eigenvalue weighted by Crippen LogP contribution is 2.13. The Kier molecular flexibility index (Phi) is 5.30. The molecule has 0 aromatic rings. The minimum atomic E-state index is -0.157. The van der Waals surface area contributed by atoms with Gasteiger partial charge in [-0.05, 0) is 13.5 Å². The largest absolute Gasteiger partial charge is 0.379 e. The van der Waals surface area contributed by atoms with Crippen molar-refractivity contribution in [1.29, 1.82) is 0 Å². The number of terminal acetylenes is 1. The molecule has 1 fully saturated rings. The van der Waals surface area contributed by atoms with Crippen LogP contribution in [-0.4, -0.2) is 38.3 Å². The third kappa shape index (κ3) is 3.22. The van der Waals surface area contributed by atoms with Crippen LogP contribution >= 0.6 is 0 Å². The van der Waals surface area contributed by atoms with Gasteiger partial charge in [0, 0.05) is 6.04 Å². The Labute approximate surface area is 97.1 Å². The van der Waals surface area contributed by atoms with Gasteiger partial charge in [0.05, 0.1) is 25.2 Å². The molecule has 4 heteroatoms. The van der Waals surface area contributed by atoms with Crippen molar-refractivity contribution in [2.24, 2.45) is 5.92 Å². The standard InChI is InChI=1S/C12H20N2O2/c1-4-6-9(5-2)14-12(15)10-7-16-8-11(10)13-3/h2,9-11,13H,4,6-8H2,1,3H3,(H,14,15). The Morgan fingerprint density at radius 2 is 2.38 bits per heavy atom. The van der Waals surface area contributed by atoms with E-state index < -0.39 is 0 Å². The summed E-state index contributed by atoms with van der Waals surface area (Å²) in [7, 11) is 1.84. The SMILES string of the molecule is C#CC(CCC)NC(=O)C1COCC1NC. The lowest BCUT2D eigenvalue weighted by Crippen LogP contribution is -2.45. The fourth-order valence-corrected chi connectivity index (χ4v) is 1.86. The predicted molar refractivity (Wildman–Crippen MR) is 62.8 cm³/mol. The zero-order valence-corrected chi connectivity index (χ0v) is 9.95. The summed E-state index contributed by atoms with van der Waals surface area (Å²) in [6.07, 6.45) is 7.14. The molecule has 1 aliphatic rings. The number of rotatable bonds is 5. The first-order valence-electron chi connectivity index (χ1n) is 5.74. The molecule has 0 aromatic heterocycles. The first-order chi connectivity index (χ1) is 7.72. The van der Waals surface area contributed by atoms with E-state index in [-0.39, 0.29) is 23.9 Å². The van der Waals surface area contributed by atoms with E-state index in [9.17, 15) is 4.79 Å². The average molecular weight is 224 g/mol. The first-order valence-corrected chi connectivity index (χ1v) is 5.74. The van der Waals surface area contributed by atoms with Gasteiger partial charge in [-0.3, -0.25) is 4.79 Å². The summed E-state index contributed by atoms with van der Waals surface area (Å²) in [6, 6.07) is -0.0596. The third-order valence-electron chi connectivity index (χ3n) is 2.88. The summed E-state index contributed by atoms with van der Waals surface area (Å²) < 4.78 is 5.28. The van der Waals surface area contributed by atoms with Crippen molar-refractivity contribution in [3.63, 3.8) is 0 Å². The maximum atomic E-state index is 11.9. The van der Waals surface area contributed by atoms with E-state index in [2.05, 4.69) is 16.6 Å². The molecule has 0 aliphatic carbocycles. The summed E-state index contributed by atoms with van der Waals surface area (Å²) in [5.74, 6) is 2.46. The minimum absolute atomic E-state index is 0.00625. The van der Waals surface area contributed by atoms with E-state index >= 15 is 0 Å². The number of amides is 1. The van der Waals surface area contributed by atoms with Gasteiger partial charge in [-0.2, -0.15) is 0 Å². The van der Waals surface area contributed by atoms with Crippen molar-refractivity contribution in [1.82, 2.24) is 10.6 Å². The van der Waals surface area contributed by atoms with Crippen molar-refractivity contribution in [2.45, 2.75) is 31.8 Å². The van der Waals surface area contributed by atoms with E-state index in [4.69, 9.17) is 11.2 Å². The lowest BCUT2D eigenvalue weighted by Gasteiger charge is -2.19. The Balaban J connectivity index is 2.48. The maximum absolute atomic E-state index is 11.9. The van der Waals surface area contributed by atoms with Gasteiger partial charge in [-0.15, -0.1) is 6.42 Å². The highest BCUT2D eigenvalue weighted by atomic mass is 16.5. The van der Waals surface area contributed by atoms with Crippen LogP contribution in [0.15, 0.2) is 0 Å². The molecule has 1 aliphatic heterocycles. The molecular formula is C12H20N2O2. The molecular weight excluding hydrogens is 204 g/mol. The van der Waals surface area contributed by atoms with Gasteiger partial charge in [-0.25, -0.2) is 0 Å². The lowest BCUT2D eigenvalue weighted by atomic mass is 10.0. The Morgan fingerprint density at radius 3 is 2.94 bits per heavy atom. The van der Waals surface area contributed by atoms with Crippen LogP contribution in [0.2, 0.25) is 0 Å². The van der Waals surface area contributed by atoms with Crippen LogP contribution in [0.5, 0.6) is 0 Å². The van der Waals surface area contributed by atoms with Gasteiger partial charge in [0.15, 0.2) is 0 Å². The van der Waals surface area contributed by atoms with Crippen molar-refractivity contribution < 1.29 is 9.53 Å². The van der Waals surface area contributed by atoms with Crippen LogP contribution in [-0.2, 0) is 9.53 Å². The molecule has 2 N–H and O–H groups in total. The number of carbonyl (C=O) groups excluding carboxylic acids is 1. The molecule has 16 heavy (non-hydrogen) atoms. The normalized spacial score (nSPS) is 26.1. The molecule has 0 aromatic carbocycles. The zero-order chi connectivity index (χ0) is 12.0. The first kappa shape index (κ1) is 13.0. The number of carbonyl (C=O) groups is 1. The van der Waals surface area contributed by atoms with Gasteiger partial charge in [0.25, 0.3) is 0 Å². The highest BCUT2D eigenvalue weighted by Gasteiger charge is 2.33. The second kappa shape index (κ2) is 6.51. The highest BCUT2D eigenvalue weighted by molar-refractivity contribution is 5.80. The monoisotopic (exact) mass is 224 g/mol. The van der Waals surface area contributed by atoms with Gasteiger partial charge >= 0.3 is 0 Å². The lowest BCUT2D eigenvalue weighted by molar-refractivity contribution is -0.125. The molecule has 1 heterocycles. The molecule has 0 saturated carbocycles. The average Bonchev–Trinajstić information content (AvgIpc) is 2.76. The fraction of sp³-hybridized carbons (Fsp3) is 0.750. The van der Waals surface area contributed by atoms with Crippen LogP contribution in [0.4, 0.5) is 0 Å². The van der Waals surface area contributed by atoms with Crippen LogP contribution in [0, 0.1) is 18.3 Å². The molecule has 90 valence electrons. The van der Waals surface area contributed by atoms with E-state index in [1.165, 1.54) is 0 Å². The Morgan fingerprint density at radius 1 is 1.62 bits per heavy atom. The molecule has 0 radical (unpaired) electrons. The van der Waals surface area contributed by atoms with Gasteiger partial charge in [0.2, 0.25) is 5.91 Å². The summed E-state index contributed by atoms with van der Waals surface area (Å²) >= 11 is 0. The van der Waals surface area contributed by atoms with Crippen LogP contribution in [0.25, 0.3) is 0 Å². The summed E-state index contributed by atoms with van der Waals surface area (Å²) in [5, 5.41) is 5.96. The van der Waals surface area contributed by atoms with Crippen molar-refractivity contribution in [3.8, 4) is 12.3 Å². The van der Waals surface area contributed by atoms with Crippen LogP contribution < -0.4 is 10.6 Å². The third-order valence-corrected chi connectivity index (χ3v) is 2.88. The number of likely N-dealkylation sites (N-methyl/N-ethyl adjacent to an activating group) is 1. The smallest absolute Gasteiger partial charge is 0.228 e. The molecule has 1 amide bonds. The van der Waals surface area contributed by atoms with Gasteiger partial charge < -0.3 is 15.4 Å². The van der Waals surface area contributed by atoms with E-state index in [1.807, 2.05) is 14.0 Å². The molecule has 3 unspecified atom stereocenters. The number of ether oxygens (including phenoxy) is 1. The van der Waals surface area contributed by atoms with Crippen LogP contribution in [0.1, 0.15) is 19.8 Å². The van der Waals surface area contributed by atoms with E-state index in [1.54, 1.807) is 0 Å². The predicted octanol–water partition coefficient (Wildman–Crippen LogP) is 0.139. The molecule has 0 spiro atoms. The van der Waals surface area contributed by atoms with Crippen molar-refractivity contribution in [2.75, 3.05) is 20.3 Å². The Bertz CT molecular complexity index is 273. The number of hydrogen-bond donors (Lipinski definition) is 2. The van der Waals surface area contributed by atoms with E-state index in [0.717, 1.165) is 12.8 Å². The quantitative estimate of drug-likeness (QED) is 0.653. The maximum Gasteiger partial charge on any atom is 0.228 e. The molecule has 1 saturated heterocycles. The van der Waals surface area contributed by atoms with Crippen molar-refractivity contribution in [3.05, 3.63) is 0 Å². The summed E-state index contributed by atoms with van der Waals surface area (Å²) in [5.41, 5.74) is 0. The fourth-order valence-electron chi connectivity index (χ4n) is 1.86. The van der Waals surface area contributed by atoms with Crippen LogP contribution in [0.3, 0.4) is 0 Å². The topological polar surface area (TPSA) is 50.4 Å². The van der Waals surface area contributed by atoms with Crippen molar-refractivity contribution >= 4 is 5.91 Å². The number of nitrogens with one attached hydrogen (secondary N) is 2. The summed E-state index contributed by atoms with van der Waals surface area (Å²) in [4.78, 5) is 11.9. The molecule has 0 bridgehead atoms.